The molecule has 1 aromatic heterocycles. The lowest BCUT2D eigenvalue weighted by Crippen LogP contribution is -2.23. The predicted octanol–water partition coefficient (Wildman–Crippen LogP) is 0.839. The maximum absolute atomic E-state index is 11.7. The van der Waals surface area contributed by atoms with Crippen LogP contribution >= 0.6 is 11.5 Å². The Balaban J connectivity index is 1.95. The highest BCUT2D eigenvalue weighted by Crippen LogP contribution is 2.27. The third-order valence-electron chi connectivity index (χ3n) is 3.54. The third kappa shape index (κ3) is 3.16. The largest absolute Gasteiger partial charge is 0.382 e. The van der Waals surface area contributed by atoms with Crippen molar-refractivity contribution in [1.29, 1.82) is 0 Å². The van der Waals surface area contributed by atoms with Crippen LogP contribution in [0, 0.1) is 5.92 Å². The highest BCUT2D eigenvalue weighted by atomic mass is 32.1. The molecular weight excluding hydrogens is 262 g/mol. The SMILES string of the molecule is CCN1CCC(CNc2snc(N)c2C(=O)NC)C1. The number of nitrogen functional groups attached to an aromatic ring is 1. The standard InChI is InChI=1S/C12H21N5OS/c1-3-17-5-4-8(7-17)6-15-12-9(11(18)14-2)10(13)16-19-12/h8,15H,3-7H2,1-2H3,(H2,13,16)(H,14,18). The maximum Gasteiger partial charge on any atom is 0.257 e. The summed E-state index contributed by atoms with van der Waals surface area (Å²) < 4.78 is 4.05. The van der Waals surface area contributed by atoms with Gasteiger partial charge in [-0.2, -0.15) is 4.37 Å². The van der Waals surface area contributed by atoms with Crippen molar-refractivity contribution < 1.29 is 4.79 Å². The summed E-state index contributed by atoms with van der Waals surface area (Å²) in [5, 5.41) is 6.69. The van der Waals surface area contributed by atoms with E-state index in [0.29, 0.717) is 17.3 Å². The van der Waals surface area contributed by atoms with Gasteiger partial charge in [0.1, 0.15) is 10.6 Å². The van der Waals surface area contributed by atoms with Crippen LogP contribution in [0.4, 0.5) is 10.8 Å². The molecule has 0 aliphatic carbocycles. The molecule has 1 aliphatic heterocycles. The molecule has 7 heteroatoms. The molecular formula is C12H21N5OS. The molecule has 6 nitrogen and oxygen atoms in total. The Morgan fingerprint density at radius 2 is 2.42 bits per heavy atom. The fourth-order valence-corrected chi connectivity index (χ4v) is 3.09. The summed E-state index contributed by atoms with van der Waals surface area (Å²) >= 11 is 1.25. The topological polar surface area (TPSA) is 83.3 Å². The first-order valence-corrected chi connectivity index (χ1v) is 7.36. The van der Waals surface area contributed by atoms with Crippen LogP contribution in [0.2, 0.25) is 0 Å². The number of anilines is 2. The zero-order valence-corrected chi connectivity index (χ0v) is 12.2. The molecule has 1 fully saturated rings. The molecule has 1 amide bonds. The van der Waals surface area contributed by atoms with E-state index in [9.17, 15) is 4.79 Å². The quantitative estimate of drug-likeness (QED) is 0.746. The van der Waals surface area contributed by atoms with Gasteiger partial charge in [-0.25, -0.2) is 0 Å². The van der Waals surface area contributed by atoms with Crippen molar-refractivity contribution >= 4 is 28.3 Å². The number of hydrogen-bond acceptors (Lipinski definition) is 6. The second kappa shape index (κ2) is 6.21. The smallest absolute Gasteiger partial charge is 0.257 e. The minimum Gasteiger partial charge on any atom is -0.382 e. The van der Waals surface area contributed by atoms with Crippen LogP contribution in [0.3, 0.4) is 0 Å². The zero-order valence-electron chi connectivity index (χ0n) is 11.4. The van der Waals surface area contributed by atoms with Gasteiger partial charge in [-0.15, -0.1) is 0 Å². The monoisotopic (exact) mass is 283 g/mol. The van der Waals surface area contributed by atoms with Crippen LogP contribution < -0.4 is 16.4 Å². The highest BCUT2D eigenvalue weighted by Gasteiger charge is 2.23. The lowest BCUT2D eigenvalue weighted by atomic mass is 10.1. The number of amides is 1. The van der Waals surface area contributed by atoms with Gasteiger partial charge in [0.25, 0.3) is 5.91 Å². The Morgan fingerprint density at radius 1 is 1.63 bits per heavy atom. The van der Waals surface area contributed by atoms with Crippen molar-refractivity contribution in [2.24, 2.45) is 5.92 Å². The normalized spacial score (nSPS) is 19.6. The van der Waals surface area contributed by atoms with Crippen molar-refractivity contribution in [3.63, 3.8) is 0 Å². The van der Waals surface area contributed by atoms with E-state index in [4.69, 9.17) is 5.73 Å². The van der Waals surface area contributed by atoms with E-state index in [1.54, 1.807) is 7.05 Å². The second-order valence-electron chi connectivity index (χ2n) is 4.78. The van der Waals surface area contributed by atoms with Gasteiger partial charge in [0.15, 0.2) is 5.82 Å². The van der Waals surface area contributed by atoms with Crippen LogP contribution in [0.1, 0.15) is 23.7 Å². The average Bonchev–Trinajstić information content (AvgIpc) is 3.02. The number of nitrogens with zero attached hydrogens (tertiary/aromatic N) is 2. The van der Waals surface area contributed by atoms with Crippen LogP contribution in [-0.2, 0) is 0 Å². The number of nitrogens with two attached hydrogens (primary N) is 1. The van der Waals surface area contributed by atoms with E-state index in [1.807, 2.05) is 0 Å². The van der Waals surface area contributed by atoms with E-state index >= 15 is 0 Å². The van der Waals surface area contributed by atoms with Crippen molar-refractivity contribution in [2.45, 2.75) is 13.3 Å². The van der Waals surface area contributed by atoms with Gasteiger partial charge in [-0.05, 0) is 37.0 Å². The molecule has 0 aromatic carbocycles. The fourth-order valence-electron chi connectivity index (χ4n) is 2.37. The molecule has 0 saturated carbocycles. The number of carbonyl (C=O) groups is 1. The van der Waals surface area contributed by atoms with Crippen LogP contribution in [0.15, 0.2) is 0 Å². The van der Waals surface area contributed by atoms with Crippen molar-refractivity contribution in [3.8, 4) is 0 Å². The molecule has 0 radical (unpaired) electrons. The zero-order chi connectivity index (χ0) is 13.8. The number of aromatic nitrogens is 1. The molecule has 1 atom stereocenters. The molecule has 19 heavy (non-hydrogen) atoms. The van der Waals surface area contributed by atoms with Gasteiger partial charge in [-0.3, -0.25) is 4.79 Å². The number of nitrogens with one attached hydrogen (secondary N) is 2. The molecule has 1 aromatic rings. The minimum atomic E-state index is -0.185. The number of rotatable bonds is 5. The highest BCUT2D eigenvalue weighted by molar-refractivity contribution is 7.11. The first-order valence-electron chi connectivity index (χ1n) is 6.59. The van der Waals surface area contributed by atoms with E-state index < -0.39 is 0 Å². The van der Waals surface area contributed by atoms with Gasteiger partial charge in [0.2, 0.25) is 0 Å². The Morgan fingerprint density at radius 3 is 3.05 bits per heavy atom. The number of hydrogen-bond donors (Lipinski definition) is 3. The minimum absolute atomic E-state index is 0.185. The number of likely N-dealkylation sites (tertiary alicyclic amines) is 1. The Kier molecular flexibility index (Phi) is 4.60. The summed E-state index contributed by atoms with van der Waals surface area (Å²) in [7, 11) is 1.60. The van der Waals surface area contributed by atoms with Gasteiger partial charge < -0.3 is 21.3 Å². The fraction of sp³-hybridized carbons (Fsp3) is 0.667. The molecule has 1 aliphatic rings. The van der Waals surface area contributed by atoms with Gasteiger partial charge in [-0.1, -0.05) is 6.92 Å². The van der Waals surface area contributed by atoms with E-state index in [0.717, 1.165) is 31.2 Å². The molecule has 1 saturated heterocycles. The van der Waals surface area contributed by atoms with Gasteiger partial charge in [0, 0.05) is 20.1 Å². The summed E-state index contributed by atoms with van der Waals surface area (Å²) in [6.07, 6.45) is 1.20. The number of carbonyl (C=O) groups excluding carboxylic acids is 1. The van der Waals surface area contributed by atoms with Crippen LogP contribution in [0.5, 0.6) is 0 Å². The molecule has 0 spiro atoms. The maximum atomic E-state index is 11.7. The molecule has 1 unspecified atom stereocenters. The van der Waals surface area contributed by atoms with E-state index in [1.165, 1.54) is 18.0 Å². The van der Waals surface area contributed by atoms with Crippen LogP contribution in [0.25, 0.3) is 0 Å². The summed E-state index contributed by atoms with van der Waals surface area (Å²) in [6, 6.07) is 0. The van der Waals surface area contributed by atoms with Gasteiger partial charge >= 0.3 is 0 Å². The average molecular weight is 283 g/mol. The van der Waals surface area contributed by atoms with E-state index in [-0.39, 0.29) is 5.91 Å². The summed E-state index contributed by atoms with van der Waals surface area (Å²) in [5.41, 5.74) is 6.21. The van der Waals surface area contributed by atoms with E-state index in [2.05, 4.69) is 26.8 Å². The Bertz CT molecular complexity index is 447. The predicted molar refractivity (Wildman–Crippen MR) is 78.6 cm³/mol. The Labute approximate surface area is 117 Å². The lowest BCUT2D eigenvalue weighted by Gasteiger charge is -2.14. The molecule has 2 heterocycles. The summed E-state index contributed by atoms with van der Waals surface area (Å²) in [5.74, 6) is 0.740. The first kappa shape index (κ1) is 14.1. The second-order valence-corrected chi connectivity index (χ2v) is 5.55. The van der Waals surface area contributed by atoms with Crippen molar-refractivity contribution in [3.05, 3.63) is 5.56 Å². The van der Waals surface area contributed by atoms with Crippen molar-refractivity contribution in [1.82, 2.24) is 14.6 Å². The van der Waals surface area contributed by atoms with Crippen molar-refractivity contribution in [2.75, 3.05) is 44.3 Å². The molecule has 0 bridgehead atoms. The molecule has 2 rings (SSSR count). The third-order valence-corrected chi connectivity index (χ3v) is 4.36. The van der Waals surface area contributed by atoms with Crippen LogP contribution in [-0.4, -0.2) is 48.4 Å². The summed E-state index contributed by atoms with van der Waals surface area (Å²) in [6.45, 7) is 6.43. The lowest BCUT2D eigenvalue weighted by molar-refractivity contribution is 0.0965. The Hall–Kier alpha value is -1.34. The molecule has 106 valence electrons. The first-order chi connectivity index (χ1) is 9.15. The van der Waals surface area contributed by atoms with Gasteiger partial charge in [0.05, 0.1) is 0 Å². The molecule has 4 N–H and O–H groups in total. The summed E-state index contributed by atoms with van der Waals surface area (Å²) in [4.78, 5) is 14.2.